The lowest BCUT2D eigenvalue weighted by molar-refractivity contribution is 0.289. The van der Waals surface area contributed by atoms with Crippen LogP contribution in [0.1, 0.15) is 16.7 Å². The summed E-state index contributed by atoms with van der Waals surface area (Å²) in [7, 11) is 0. The summed E-state index contributed by atoms with van der Waals surface area (Å²) in [6, 6.07) is 19.3. The Morgan fingerprint density at radius 2 is 1.80 bits per heavy atom. The maximum Gasteiger partial charge on any atom is 0.336 e. The lowest BCUT2D eigenvalue weighted by atomic mass is 9.98. The van der Waals surface area contributed by atoms with Gasteiger partial charge in [-0.25, -0.2) is 4.79 Å². The van der Waals surface area contributed by atoms with Gasteiger partial charge in [0.05, 0.1) is 17.1 Å². The molecule has 0 aliphatic carbocycles. The summed E-state index contributed by atoms with van der Waals surface area (Å²) in [5.41, 5.74) is 6.17. The van der Waals surface area contributed by atoms with E-state index >= 15 is 0 Å². The molecule has 0 amide bonds. The highest BCUT2D eigenvalue weighted by Crippen LogP contribution is 2.42. The first kappa shape index (κ1) is 18.8. The molecule has 0 atom stereocenters. The van der Waals surface area contributed by atoms with Crippen molar-refractivity contribution < 1.29 is 9.15 Å². The number of fused-ring (bicyclic) bond motifs is 3. The summed E-state index contributed by atoms with van der Waals surface area (Å²) in [4.78, 5) is 14.6. The minimum Gasteiger partial charge on any atom is -0.471 e. The van der Waals surface area contributed by atoms with Crippen molar-refractivity contribution in [2.24, 2.45) is 0 Å². The van der Waals surface area contributed by atoms with E-state index in [0.29, 0.717) is 29.6 Å². The summed E-state index contributed by atoms with van der Waals surface area (Å²) in [6.07, 6.45) is 0. The van der Waals surface area contributed by atoms with Crippen molar-refractivity contribution in [3.63, 3.8) is 0 Å². The van der Waals surface area contributed by atoms with E-state index in [4.69, 9.17) is 20.8 Å². The number of ether oxygens (including phenoxy) is 1. The molecule has 30 heavy (non-hydrogen) atoms. The standard InChI is InChI=1S/C25H20ClNO3/c1-15-7-6-10-22(16(15)2)27-13-20-24-19(11-21(26)25(20)29-14-27)18(12-23(28)30-24)17-8-4-3-5-9-17/h3-12H,13-14H2,1-2H3. The Kier molecular flexibility index (Phi) is 4.52. The first-order chi connectivity index (χ1) is 14.5. The first-order valence-corrected chi connectivity index (χ1v) is 10.2. The summed E-state index contributed by atoms with van der Waals surface area (Å²) < 4.78 is 11.7. The number of halogens is 1. The molecule has 4 aromatic rings. The fourth-order valence-corrected chi connectivity index (χ4v) is 4.36. The molecule has 0 radical (unpaired) electrons. The summed E-state index contributed by atoms with van der Waals surface area (Å²) in [5, 5.41) is 1.32. The molecule has 5 rings (SSSR count). The number of hydrogen-bond acceptors (Lipinski definition) is 4. The molecule has 4 nitrogen and oxygen atoms in total. The number of rotatable bonds is 2. The minimum absolute atomic E-state index is 0.380. The van der Waals surface area contributed by atoms with E-state index in [-0.39, 0.29) is 0 Å². The van der Waals surface area contributed by atoms with Crippen molar-refractivity contribution in [1.29, 1.82) is 0 Å². The fraction of sp³-hybridized carbons (Fsp3) is 0.160. The Morgan fingerprint density at radius 3 is 2.60 bits per heavy atom. The third-order valence-corrected chi connectivity index (χ3v) is 6.03. The number of nitrogens with zero attached hydrogens (tertiary/aromatic N) is 1. The molecule has 0 spiro atoms. The van der Waals surface area contributed by atoms with Crippen LogP contribution in [0, 0.1) is 13.8 Å². The van der Waals surface area contributed by atoms with E-state index < -0.39 is 5.63 Å². The van der Waals surface area contributed by atoms with E-state index in [1.54, 1.807) is 0 Å². The largest absolute Gasteiger partial charge is 0.471 e. The Balaban J connectivity index is 1.72. The van der Waals surface area contributed by atoms with Gasteiger partial charge in [-0.2, -0.15) is 0 Å². The Bertz CT molecular complexity index is 1330. The van der Waals surface area contributed by atoms with Crippen molar-refractivity contribution in [3.8, 4) is 16.9 Å². The summed E-state index contributed by atoms with van der Waals surface area (Å²) in [5.74, 6) is 0.582. The smallest absolute Gasteiger partial charge is 0.336 e. The van der Waals surface area contributed by atoms with E-state index in [9.17, 15) is 4.79 Å². The van der Waals surface area contributed by atoms with Gasteiger partial charge in [0.2, 0.25) is 0 Å². The molecule has 1 aromatic heterocycles. The van der Waals surface area contributed by atoms with E-state index in [0.717, 1.165) is 27.8 Å². The molecule has 2 heterocycles. The lowest BCUT2D eigenvalue weighted by Gasteiger charge is -2.33. The predicted octanol–water partition coefficient (Wildman–Crippen LogP) is 6.09. The van der Waals surface area contributed by atoms with Crippen LogP contribution in [0.2, 0.25) is 5.02 Å². The second kappa shape index (κ2) is 7.22. The van der Waals surface area contributed by atoms with Gasteiger partial charge in [0, 0.05) is 17.1 Å². The van der Waals surface area contributed by atoms with Gasteiger partial charge in [0.15, 0.2) is 6.73 Å². The molecule has 1 aliphatic heterocycles. The maximum atomic E-state index is 12.4. The average Bonchev–Trinajstić information content (AvgIpc) is 2.76. The second-order valence-electron chi connectivity index (χ2n) is 7.58. The van der Waals surface area contributed by atoms with Gasteiger partial charge in [-0.05, 0) is 48.2 Å². The highest BCUT2D eigenvalue weighted by atomic mass is 35.5. The van der Waals surface area contributed by atoms with Crippen molar-refractivity contribution in [2.45, 2.75) is 20.4 Å². The van der Waals surface area contributed by atoms with E-state index in [2.05, 4.69) is 30.9 Å². The van der Waals surface area contributed by atoms with Crippen LogP contribution < -0.4 is 15.3 Å². The van der Waals surface area contributed by atoms with Gasteiger partial charge in [-0.1, -0.05) is 54.1 Å². The lowest BCUT2D eigenvalue weighted by Crippen LogP contribution is -2.32. The molecular formula is C25H20ClNO3. The molecular weight excluding hydrogens is 398 g/mol. The van der Waals surface area contributed by atoms with Crippen LogP contribution in [0.4, 0.5) is 5.69 Å². The van der Waals surface area contributed by atoms with Gasteiger partial charge < -0.3 is 14.1 Å². The fourth-order valence-electron chi connectivity index (χ4n) is 4.08. The minimum atomic E-state index is -0.394. The van der Waals surface area contributed by atoms with E-state index in [1.807, 2.05) is 42.5 Å². The van der Waals surface area contributed by atoms with Gasteiger partial charge in [0.25, 0.3) is 0 Å². The number of benzene rings is 3. The number of anilines is 1. The van der Waals surface area contributed by atoms with Gasteiger partial charge in [-0.3, -0.25) is 0 Å². The molecule has 0 bridgehead atoms. The van der Waals surface area contributed by atoms with Gasteiger partial charge >= 0.3 is 5.63 Å². The second-order valence-corrected chi connectivity index (χ2v) is 7.99. The van der Waals surface area contributed by atoms with Crippen LogP contribution >= 0.6 is 11.6 Å². The maximum absolute atomic E-state index is 12.4. The van der Waals surface area contributed by atoms with Crippen molar-refractivity contribution in [1.82, 2.24) is 0 Å². The number of hydrogen-bond donors (Lipinski definition) is 0. The first-order valence-electron chi connectivity index (χ1n) is 9.81. The molecule has 0 unspecified atom stereocenters. The summed E-state index contributed by atoms with van der Waals surface area (Å²) >= 11 is 6.61. The molecule has 150 valence electrons. The van der Waals surface area contributed by atoms with Crippen molar-refractivity contribution in [2.75, 3.05) is 11.6 Å². The molecule has 0 saturated heterocycles. The molecule has 5 heteroatoms. The van der Waals surface area contributed by atoms with Crippen LogP contribution in [-0.4, -0.2) is 6.73 Å². The van der Waals surface area contributed by atoms with Crippen LogP contribution in [0.5, 0.6) is 5.75 Å². The molecule has 1 aliphatic rings. The van der Waals surface area contributed by atoms with Gasteiger partial charge in [-0.15, -0.1) is 0 Å². The molecule has 0 saturated carbocycles. The molecule has 0 N–H and O–H groups in total. The van der Waals surface area contributed by atoms with Crippen LogP contribution in [0.3, 0.4) is 0 Å². The van der Waals surface area contributed by atoms with Crippen molar-refractivity contribution in [3.05, 3.63) is 92.8 Å². The molecule has 0 fully saturated rings. The van der Waals surface area contributed by atoms with E-state index in [1.165, 1.54) is 17.2 Å². The van der Waals surface area contributed by atoms with Crippen LogP contribution in [0.25, 0.3) is 22.1 Å². The zero-order valence-electron chi connectivity index (χ0n) is 16.7. The van der Waals surface area contributed by atoms with Crippen molar-refractivity contribution >= 4 is 28.3 Å². The Hall–Kier alpha value is -3.24. The molecule has 3 aromatic carbocycles. The average molecular weight is 418 g/mol. The quantitative estimate of drug-likeness (QED) is 0.370. The normalized spacial score (nSPS) is 13.2. The zero-order valence-corrected chi connectivity index (χ0v) is 17.5. The van der Waals surface area contributed by atoms with Crippen LogP contribution in [-0.2, 0) is 6.54 Å². The monoisotopic (exact) mass is 417 g/mol. The van der Waals surface area contributed by atoms with Crippen LogP contribution in [0.15, 0.2) is 69.9 Å². The number of aryl methyl sites for hydroxylation is 1. The zero-order chi connectivity index (χ0) is 20.8. The SMILES string of the molecule is Cc1cccc(N2COc3c(Cl)cc4c(-c5ccccc5)cc(=O)oc4c3C2)c1C. The predicted molar refractivity (Wildman–Crippen MR) is 121 cm³/mol. The highest BCUT2D eigenvalue weighted by Gasteiger charge is 2.26. The Labute approximate surface area is 179 Å². The Morgan fingerprint density at radius 1 is 1.00 bits per heavy atom. The highest BCUT2D eigenvalue weighted by molar-refractivity contribution is 6.33. The van der Waals surface area contributed by atoms with Gasteiger partial charge in [0.1, 0.15) is 11.3 Å². The third kappa shape index (κ3) is 3.04. The topological polar surface area (TPSA) is 42.7 Å². The third-order valence-electron chi connectivity index (χ3n) is 5.75. The summed E-state index contributed by atoms with van der Waals surface area (Å²) in [6.45, 7) is 5.11.